The molecular formula is C22H23N3O3. The average molecular weight is 377 g/mol. The van der Waals surface area contributed by atoms with Crippen LogP contribution in [0.25, 0.3) is 6.08 Å². The van der Waals surface area contributed by atoms with Gasteiger partial charge in [0.25, 0.3) is 5.91 Å². The summed E-state index contributed by atoms with van der Waals surface area (Å²) in [6.07, 6.45) is 4.47. The molecule has 28 heavy (non-hydrogen) atoms. The Labute approximate surface area is 164 Å². The van der Waals surface area contributed by atoms with Crippen molar-refractivity contribution in [3.63, 3.8) is 0 Å². The van der Waals surface area contributed by atoms with Gasteiger partial charge in [-0.3, -0.25) is 25.2 Å². The Hall–Kier alpha value is -3.41. The van der Waals surface area contributed by atoms with Gasteiger partial charge in [0.05, 0.1) is 12.5 Å². The Morgan fingerprint density at radius 2 is 1.71 bits per heavy atom. The first kappa shape index (κ1) is 19.4. The van der Waals surface area contributed by atoms with Crippen LogP contribution in [0.15, 0.2) is 54.7 Å². The molecule has 0 spiro atoms. The highest BCUT2D eigenvalue weighted by Gasteiger charge is 2.28. The van der Waals surface area contributed by atoms with Gasteiger partial charge in [0.15, 0.2) is 0 Å². The van der Waals surface area contributed by atoms with Crippen molar-refractivity contribution in [2.45, 2.75) is 32.7 Å². The molecule has 1 unspecified atom stereocenters. The number of hydrazine groups is 1. The summed E-state index contributed by atoms with van der Waals surface area (Å²) in [6.45, 7) is 3.50. The summed E-state index contributed by atoms with van der Waals surface area (Å²) < 4.78 is 0. The SMILES string of the molecule is CCc1ccc(C(=O)NNC(=O)CC2c3ccccc3C=CN2C(C)=O)cc1. The van der Waals surface area contributed by atoms with Crippen molar-refractivity contribution in [3.8, 4) is 0 Å². The van der Waals surface area contributed by atoms with Gasteiger partial charge in [0.1, 0.15) is 0 Å². The van der Waals surface area contributed by atoms with Gasteiger partial charge in [-0.05, 0) is 41.3 Å². The van der Waals surface area contributed by atoms with Gasteiger partial charge in [0, 0.05) is 18.7 Å². The molecular weight excluding hydrogens is 354 g/mol. The number of benzene rings is 2. The van der Waals surface area contributed by atoms with Crippen LogP contribution in [0.1, 0.15) is 53.4 Å². The Balaban J connectivity index is 1.65. The van der Waals surface area contributed by atoms with Crippen LogP contribution in [0.4, 0.5) is 0 Å². The van der Waals surface area contributed by atoms with E-state index in [9.17, 15) is 14.4 Å². The van der Waals surface area contributed by atoms with Gasteiger partial charge in [-0.15, -0.1) is 0 Å². The van der Waals surface area contributed by atoms with Crippen LogP contribution >= 0.6 is 0 Å². The Kier molecular flexibility index (Phi) is 5.89. The van der Waals surface area contributed by atoms with E-state index in [0.717, 1.165) is 23.1 Å². The molecule has 6 nitrogen and oxygen atoms in total. The van der Waals surface area contributed by atoms with Crippen molar-refractivity contribution in [3.05, 3.63) is 77.0 Å². The molecule has 3 rings (SSSR count). The predicted molar refractivity (Wildman–Crippen MR) is 107 cm³/mol. The lowest BCUT2D eigenvalue weighted by Gasteiger charge is -2.32. The zero-order chi connectivity index (χ0) is 20.1. The van der Waals surface area contributed by atoms with Crippen molar-refractivity contribution in [1.82, 2.24) is 15.8 Å². The molecule has 144 valence electrons. The summed E-state index contributed by atoms with van der Waals surface area (Å²) in [5, 5.41) is 0. The van der Waals surface area contributed by atoms with E-state index in [-0.39, 0.29) is 24.1 Å². The number of nitrogens with zero attached hydrogens (tertiary/aromatic N) is 1. The average Bonchev–Trinajstić information content (AvgIpc) is 2.72. The van der Waals surface area contributed by atoms with Crippen molar-refractivity contribution >= 4 is 23.8 Å². The highest BCUT2D eigenvalue weighted by Crippen LogP contribution is 2.32. The molecule has 2 N–H and O–H groups in total. The molecule has 0 saturated carbocycles. The summed E-state index contributed by atoms with van der Waals surface area (Å²) in [7, 11) is 0. The van der Waals surface area contributed by atoms with Crippen molar-refractivity contribution in [2.24, 2.45) is 0 Å². The summed E-state index contributed by atoms with van der Waals surface area (Å²) >= 11 is 0. The fourth-order valence-corrected chi connectivity index (χ4v) is 3.23. The fourth-order valence-electron chi connectivity index (χ4n) is 3.23. The van der Waals surface area contributed by atoms with E-state index < -0.39 is 6.04 Å². The zero-order valence-electron chi connectivity index (χ0n) is 15.9. The third-order valence-corrected chi connectivity index (χ3v) is 4.79. The minimum Gasteiger partial charge on any atom is -0.311 e. The number of hydrogen-bond acceptors (Lipinski definition) is 3. The standard InChI is InChI=1S/C22H23N3O3/c1-3-16-8-10-18(11-9-16)22(28)24-23-21(27)14-20-19-7-5-4-6-17(19)12-13-25(20)15(2)26/h4-13,20H,3,14H2,1-2H3,(H,23,27)(H,24,28). The number of hydrogen-bond donors (Lipinski definition) is 2. The Morgan fingerprint density at radius 1 is 1.00 bits per heavy atom. The molecule has 2 aromatic rings. The summed E-state index contributed by atoms with van der Waals surface area (Å²) in [6, 6.07) is 14.4. The molecule has 1 aliphatic rings. The molecule has 0 bridgehead atoms. The molecule has 1 atom stereocenters. The second-order valence-electron chi connectivity index (χ2n) is 6.64. The Morgan fingerprint density at radius 3 is 2.39 bits per heavy atom. The molecule has 0 radical (unpaired) electrons. The topological polar surface area (TPSA) is 78.5 Å². The van der Waals surface area contributed by atoms with Gasteiger partial charge in [-0.1, -0.05) is 43.3 Å². The smallest absolute Gasteiger partial charge is 0.269 e. The first-order valence-electron chi connectivity index (χ1n) is 9.23. The van der Waals surface area contributed by atoms with Crippen LogP contribution < -0.4 is 10.9 Å². The first-order chi connectivity index (χ1) is 13.5. The molecule has 1 heterocycles. The van der Waals surface area contributed by atoms with Crippen molar-refractivity contribution < 1.29 is 14.4 Å². The highest BCUT2D eigenvalue weighted by molar-refractivity contribution is 5.95. The van der Waals surface area contributed by atoms with Gasteiger partial charge >= 0.3 is 0 Å². The lowest BCUT2D eigenvalue weighted by atomic mass is 9.93. The molecule has 6 heteroatoms. The first-order valence-corrected chi connectivity index (χ1v) is 9.23. The monoisotopic (exact) mass is 377 g/mol. The summed E-state index contributed by atoms with van der Waals surface area (Å²) in [5.41, 5.74) is 8.35. The maximum Gasteiger partial charge on any atom is 0.269 e. The maximum atomic E-state index is 12.4. The van der Waals surface area contributed by atoms with E-state index in [4.69, 9.17) is 0 Å². The second-order valence-corrected chi connectivity index (χ2v) is 6.64. The number of aryl methyl sites for hydroxylation is 1. The van der Waals surface area contributed by atoms with Crippen LogP contribution in [0, 0.1) is 0 Å². The summed E-state index contributed by atoms with van der Waals surface area (Å²) in [5.74, 6) is -0.910. The minimum absolute atomic E-state index is 0.0377. The van der Waals surface area contributed by atoms with E-state index in [1.165, 1.54) is 11.8 Å². The van der Waals surface area contributed by atoms with E-state index >= 15 is 0 Å². The number of nitrogens with one attached hydrogen (secondary N) is 2. The number of fused-ring (bicyclic) bond motifs is 1. The van der Waals surface area contributed by atoms with Gasteiger partial charge in [-0.25, -0.2) is 0 Å². The van der Waals surface area contributed by atoms with Crippen LogP contribution in [0.2, 0.25) is 0 Å². The largest absolute Gasteiger partial charge is 0.311 e. The number of carbonyl (C=O) groups is 3. The predicted octanol–water partition coefficient (Wildman–Crippen LogP) is 2.97. The van der Waals surface area contributed by atoms with Crippen LogP contribution in [0.3, 0.4) is 0 Å². The second kappa shape index (κ2) is 8.52. The third kappa shape index (κ3) is 4.28. The van der Waals surface area contributed by atoms with Crippen LogP contribution in [0.5, 0.6) is 0 Å². The third-order valence-electron chi connectivity index (χ3n) is 4.79. The zero-order valence-corrected chi connectivity index (χ0v) is 15.9. The van der Waals surface area contributed by atoms with Gasteiger partial charge < -0.3 is 4.90 Å². The molecule has 0 saturated heterocycles. The Bertz CT molecular complexity index is 919. The van der Waals surface area contributed by atoms with Gasteiger partial charge in [0.2, 0.25) is 11.8 Å². The van der Waals surface area contributed by atoms with E-state index in [2.05, 4.69) is 10.9 Å². The molecule has 0 fully saturated rings. The molecule has 3 amide bonds. The molecule has 0 aliphatic carbocycles. The molecule has 1 aliphatic heterocycles. The van der Waals surface area contributed by atoms with Crippen molar-refractivity contribution in [2.75, 3.05) is 0 Å². The van der Waals surface area contributed by atoms with Crippen LogP contribution in [-0.2, 0) is 16.0 Å². The maximum absolute atomic E-state index is 12.4. The van der Waals surface area contributed by atoms with Gasteiger partial charge in [-0.2, -0.15) is 0 Å². The van der Waals surface area contributed by atoms with E-state index in [0.29, 0.717) is 5.56 Å². The highest BCUT2D eigenvalue weighted by atomic mass is 16.2. The minimum atomic E-state index is -0.417. The fraction of sp³-hybridized carbons (Fsp3) is 0.227. The number of amides is 3. The molecule has 0 aromatic heterocycles. The molecule has 2 aromatic carbocycles. The quantitative estimate of drug-likeness (QED) is 0.804. The van der Waals surface area contributed by atoms with Crippen molar-refractivity contribution in [1.29, 1.82) is 0 Å². The van der Waals surface area contributed by atoms with Crippen LogP contribution in [-0.4, -0.2) is 22.6 Å². The lowest BCUT2D eigenvalue weighted by Crippen LogP contribution is -2.43. The van der Waals surface area contributed by atoms with E-state index in [1.807, 2.05) is 49.4 Å². The normalized spacial score (nSPS) is 14.9. The number of carbonyl (C=O) groups excluding carboxylic acids is 3. The summed E-state index contributed by atoms with van der Waals surface area (Å²) in [4.78, 5) is 38.2. The van der Waals surface area contributed by atoms with E-state index in [1.54, 1.807) is 18.3 Å². The number of rotatable bonds is 4. The lowest BCUT2D eigenvalue weighted by molar-refractivity contribution is -0.130.